The van der Waals surface area contributed by atoms with Crippen molar-refractivity contribution in [3.8, 4) is 0 Å². The smallest absolute Gasteiger partial charge is 0.303 e. The number of hydrogen-bond acceptors (Lipinski definition) is 5. The fraction of sp³-hybridized carbons (Fsp3) is 0.704. The van der Waals surface area contributed by atoms with Gasteiger partial charge in [0.25, 0.3) is 5.91 Å². The van der Waals surface area contributed by atoms with Gasteiger partial charge in [-0.2, -0.15) is 0 Å². The molecule has 4 fully saturated rings. The normalized spacial score (nSPS) is 33.7. The molecule has 33 heavy (non-hydrogen) atoms. The Morgan fingerprint density at radius 2 is 1.52 bits per heavy atom. The number of esters is 1. The van der Waals surface area contributed by atoms with Crippen LogP contribution in [0.2, 0.25) is 0 Å². The fourth-order valence-corrected chi connectivity index (χ4v) is 7.36. The van der Waals surface area contributed by atoms with Gasteiger partial charge in [-0.25, -0.2) is 0 Å². The van der Waals surface area contributed by atoms with Crippen LogP contribution in [0.25, 0.3) is 0 Å². The van der Waals surface area contributed by atoms with Gasteiger partial charge in [0.2, 0.25) is 0 Å². The number of ether oxygens (including phenoxy) is 1. The van der Waals surface area contributed by atoms with Gasteiger partial charge in [0.15, 0.2) is 6.61 Å². The van der Waals surface area contributed by atoms with Crippen LogP contribution >= 0.6 is 0 Å². The van der Waals surface area contributed by atoms with Crippen molar-refractivity contribution >= 4 is 23.3 Å². The van der Waals surface area contributed by atoms with Gasteiger partial charge in [-0.3, -0.25) is 14.5 Å². The molecular weight excluding hydrogens is 414 g/mol. The van der Waals surface area contributed by atoms with Crippen molar-refractivity contribution in [3.63, 3.8) is 0 Å². The predicted molar refractivity (Wildman–Crippen MR) is 130 cm³/mol. The standard InChI is InChI=1S/C27H39N3O3/c1-18(31)33-17-27(32)29-26-11-3-2-10-25(26)28-21-15-22-8-5-9-23(16-21)30(22)24-13-19-6-4-7-20(12-19)14-24/h2-3,10-11,19-24,28H,4-9,12-17H2,1H3,(H,29,32)/t19-,20+,21-,22+,23-,24+. The highest BCUT2D eigenvalue weighted by Gasteiger charge is 2.44. The topological polar surface area (TPSA) is 70.7 Å². The first-order valence-corrected chi connectivity index (χ1v) is 13.1. The number of rotatable bonds is 6. The van der Waals surface area contributed by atoms with E-state index in [9.17, 15) is 9.59 Å². The van der Waals surface area contributed by atoms with E-state index in [4.69, 9.17) is 4.74 Å². The Labute approximate surface area is 197 Å². The molecule has 2 N–H and O–H groups in total. The molecular formula is C27H39N3O3. The second-order valence-corrected chi connectivity index (χ2v) is 10.9. The summed E-state index contributed by atoms with van der Waals surface area (Å²) in [6, 6.07) is 10.5. The summed E-state index contributed by atoms with van der Waals surface area (Å²) in [6.07, 6.45) is 15.1. The Balaban J connectivity index is 1.23. The van der Waals surface area contributed by atoms with Crippen LogP contribution in [0.1, 0.15) is 77.6 Å². The average molecular weight is 454 g/mol. The number of nitrogens with one attached hydrogen (secondary N) is 2. The van der Waals surface area contributed by atoms with Crippen molar-refractivity contribution in [1.82, 2.24) is 4.90 Å². The molecule has 2 heterocycles. The molecule has 1 amide bonds. The zero-order chi connectivity index (χ0) is 22.8. The third-order valence-electron chi connectivity index (χ3n) is 8.52. The van der Waals surface area contributed by atoms with Crippen LogP contribution in [0.5, 0.6) is 0 Å². The van der Waals surface area contributed by atoms with E-state index in [2.05, 4.69) is 15.5 Å². The van der Waals surface area contributed by atoms with Gasteiger partial charge >= 0.3 is 5.97 Å². The van der Waals surface area contributed by atoms with E-state index in [1.54, 1.807) is 0 Å². The Hall–Kier alpha value is -2.08. The van der Waals surface area contributed by atoms with Gasteiger partial charge in [0, 0.05) is 31.1 Å². The quantitative estimate of drug-likeness (QED) is 0.596. The fourth-order valence-electron chi connectivity index (χ4n) is 7.36. The maximum Gasteiger partial charge on any atom is 0.303 e. The lowest BCUT2D eigenvalue weighted by molar-refractivity contribution is -0.144. The third-order valence-corrected chi connectivity index (χ3v) is 8.52. The van der Waals surface area contributed by atoms with Crippen LogP contribution in [0, 0.1) is 11.8 Å². The predicted octanol–water partition coefficient (Wildman–Crippen LogP) is 4.95. The summed E-state index contributed by atoms with van der Waals surface area (Å²) in [5, 5.41) is 6.66. The molecule has 0 unspecified atom stereocenters. The van der Waals surface area contributed by atoms with Crippen LogP contribution in [0.15, 0.2) is 24.3 Å². The van der Waals surface area contributed by atoms with Crippen LogP contribution in [0.4, 0.5) is 11.4 Å². The number of nitrogens with zero attached hydrogens (tertiary/aromatic N) is 1. The first-order valence-electron chi connectivity index (χ1n) is 13.1. The Kier molecular flexibility index (Phi) is 6.91. The van der Waals surface area contributed by atoms with E-state index in [0.29, 0.717) is 18.1 Å². The van der Waals surface area contributed by atoms with Crippen molar-refractivity contribution in [2.75, 3.05) is 17.2 Å². The lowest BCUT2D eigenvalue weighted by Crippen LogP contribution is -2.60. The summed E-state index contributed by atoms with van der Waals surface area (Å²) in [4.78, 5) is 26.2. The first-order chi connectivity index (χ1) is 16.0. The van der Waals surface area contributed by atoms with Crippen LogP contribution < -0.4 is 10.6 Å². The second kappa shape index (κ2) is 10.0. The number of anilines is 2. The summed E-state index contributed by atoms with van der Waals surface area (Å²) in [6.45, 7) is 1.06. The van der Waals surface area contributed by atoms with E-state index in [0.717, 1.165) is 29.3 Å². The lowest BCUT2D eigenvalue weighted by Gasteiger charge is -2.55. The summed E-state index contributed by atoms with van der Waals surface area (Å²) < 4.78 is 4.84. The maximum atomic E-state index is 12.2. The average Bonchev–Trinajstić information content (AvgIpc) is 2.78. The Bertz CT molecular complexity index is 833. The number of carbonyl (C=O) groups excluding carboxylic acids is 2. The van der Waals surface area contributed by atoms with Gasteiger partial charge < -0.3 is 15.4 Å². The van der Waals surface area contributed by atoms with Crippen LogP contribution in [-0.4, -0.2) is 47.6 Å². The van der Waals surface area contributed by atoms with E-state index in [-0.39, 0.29) is 12.5 Å². The number of fused-ring (bicyclic) bond motifs is 4. The maximum absolute atomic E-state index is 12.2. The van der Waals surface area contributed by atoms with Crippen molar-refractivity contribution in [2.45, 2.75) is 102 Å². The molecule has 2 saturated carbocycles. The number of hydrogen-bond donors (Lipinski definition) is 2. The number of para-hydroxylation sites is 2. The number of benzene rings is 1. The minimum Gasteiger partial charge on any atom is -0.456 e. The summed E-state index contributed by atoms with van der Waals surface area (Å²) in [5.41, 5.74) is 1.71. The van der Waals surface area contributed by atoms with Gasteiger partial charge in [-0.05, 0) is 68.9 Å². The highest BCUT2D eigenvalue weighted by atomic mass is 16.5. The largest absolute Gasteiger partial charge is 0.456 e. The minimum atomic E-state index is -0.448. The van der Waals surface area contributed by atoms with Crippen LogP contribution in [-0.2, 0) is 14.3 Å². The monoisotopic (exact) mass is 453 g/mol. The van der Waals surface area contributed by atoms with Gasteiger partial charge in [-0.15, -0.1) is 0 Å². The molecule has 0 aromatic heterocycles. The third kappa shape index (κ3) is 5.37. The molecule has 2 saturated heterocycles. The van der Waals surface area contributed by atoms with Crippen molar-refractivity contribution in [3.05, 3.63) is 24.3 Å². The van der Waals surface area contributed by atoms with Gasteiger partial charge in [0.05, 0.1) is 11.4 Å². The van der Waals surface area contributed by atoms with Gasteiger partial charge in [0.1, 0.15) is 0 Å². The van der Waals surface area contributed by atoms with Crippen molar-refractivity contribution < 1.29 is 14.3 Å². The Morgan fingerprint density at radius 3 is 2.18 bits per heavy atom. The van der Waals surface area contributed by atoms with E-state index < -0.39 is 5.97 Å². The molecule has 180 valence electrons. The minimum absolute atomic E-state index is 0.254. The molecule has 4 aliphatic rings. The molecule has 6 nitrogen and oxygen atoms in total. The number of piperidine rings is 2. The summed E-state index contributed by atoms with van der Waals surface area (Å²) in [7, 11) is 0. The van der Waals surface area contributed by atoms with Crippen molar-refractivity contribution in [2.24, 2.45) is 11.8 Å². The number of carbonyl (C=O) groups is 2. The van der Waals surface area contributed by atoms with E-state index in [1.165, 1.54) is 77.6 Å². The summed E-state index contributed by atoms with van der Waals surface area (Å²) >= 11 is 0. The SMILES string of the molecule is CC(=O)OCC(=O)Nc1ccccc1N[C@H]1C[C@H]2CCC[C@@H](C1)N2[C@H]1C[C@@H]2CCC[C@@H](C2)C1. The highest BCUT2D eigenvalue weighted by Crippen LogP contribution is 2.46. The number of amides is 1. The van der Waals surface area contributed by atoms with E-state index in [1.807, 2.05) is 24.3 Å². The zero-order valence-electron chi connectivity index (χ0n) is 19.9. The summed E-state index contributed by atoms with van der Waals surface area (Å²) in [5.74, 6) is 1.19. The molecule has 4 bridgehead atoms. The molecule has 0 spiro atoms. The van der Waals surface area contributed by atoms with E-state index >= 15 is 0 Å². The molecule has 1 aromatic rings. The molecule has 0 radical (unpaired) electrons. The molecule has 1 aromatic carbocycles. The zero-order valence-corrected chi connectivity index (χ0v) is 19.9. The molecule has 2 aliphatic carbocycles. The second-order valence-electron chi connectivity index (χ2n) is 10.9. The molecule has 5 rings (SSSR count). The highest BCUT2D eigenvalue weighted by molar-refractivity contribution is 5.95. The molecule has 6 atom stereocenters. The Morgan fingerprint density at radius 1 is 0.879 bits per heavy atom. The van der Waals surface area contributed by atoms with Crippen LogP contribution in [0.3, 0.4) is 0 Å². The van der Waals surface area contributed by atoms with Gasteiger partial charge in [-0.1, -0.05) is 37.8 Å². The first kappa shape index (κ1) is 22.7. The molecule has 2 aliphatic heterocycles. The lowest BCUT2D eigenvalue weighted by atomic mass is 9.68. The van der Waals surface area contributed by atoms with Crippen molar-refractivity contribution in [1.29, 1.82) is 0 Å². The molecule has 6 heteroatoms.